The number of rotatable bonds is 7. The summed E-state index contributed by atoms with van der Waals surface area (Å²) in [5.74, 6) is 0.929. The van der Waals surface area contributed by atoms with Crippen LogP contribution in [0.2, 0.25) is 0 Å². The number of benzene rings is 1. The smallest absolute Gasteiger partial charge is 0.263 e. The van der Waals surface area contributed by atoms with Crippen molar-refractivity contribution in [3.63, 3.8) is 0 Å². The predicted molar refractivity (Wildman–Crippen MR) is 92.2 cm³/mol. The quantitative estimate of drug-likeness (QED) is 0.842. The largest absolute Gasteiger partial charge is 0.358 e. The van der Waals surface area contributed by atoms with E-state index in [2.05, 4.69) is 21.8 Å². The average molecular weight is 334 g/mol. The molecule has 1 aromatic carbocycles. The second-order valence-corrected chi connectivity index (χ2v) is 7.07. The first-order chi connectivity index (χ1) is 10.9. The molecule has 0 saturated carbocycles. The molecule has 23 heavy (non-hydrogen) atoms. The monoisotopic (exact) mass is 334 g/mol. The summed E-state index contributed by atoms with van der Waals surface area (Å²) in [5, 5.41) is 8.05. The van der Waals surface area contributed by atoms with Crippen molar-refractivity contribution in [2.45, 2.75) is 31.6 Å². The van der Waals surface area contributed by atoms with Gasteiger partial charge in [-0.15, -0.1) is 10.2 Å². The highest BCUT2D eigenvalue weighted by Crippen LogP contribution is 2.18. The summed E-state index contributed by atoms with van der Waals surface area (Å²) >= 11 is 0. The van der Waals surface area contributed by atoms with Crippen LogP contribution in [0.1, 0.15) is 25.3 Å². The number of anilines is 2. The zero-order valence-corrected chi connectivity index (χ0v) is 14.5. The van der Waals surface area contributed by atoms with Gasteiger partial charge in [0.15, 0.2) is 11.6 Å². The minimum Gasteiger partial charge on any atom is -0.358 e. The predicted octanol–water partition coefficient (Wildman–Crippen LogP) is 2.82. The second-order valence-electron chi connectivity index (χ2n) is 5.42. The number of hydrogen-bond donors (Lipinski definition) is 1. The van der Waals surface area contributed by atoms with Crippen LogP contribution in [0.3, 0.4) is 0 Å². The lowest BCUT2D eigenvalue weighted by atomic mass is 10.2. The van der Waals surface area contributed by atoms with Crippen molar-refractivity contribution in [1.82, 2.24) is 10.2 Å². The van der Waals surface area contributed by atoms with Gasteiger partial charge in [-0.25, -0.2) is 8.42 Å². The first-order valence-corrected chi connectivity index (χ1v) is 9.05. The van der Waals surface area contributed by atoms with Crippen LogP contribution in [0.15, 0.2) is 41.3 Å². The molecule has 0 aliphatic rings. The maximum atomic E-state index is 12.4. The van der Waals surface area contributed by atoms with E-state index < -0.39 is 10.0 Å². The van der Waals surface area contributed by atoms with E-state index in [1.165, 1.54) is 0 Å². The minimum atomic E-state index is -3.66. The number of nitrogens with zero attached hydrogens (tertiary/aromatic N) is 3. The number of aryl methyl sites for hydroxylation is 1. The normalized spacial score (nSPS) is 11.3. The lowest BCUT2D eigenvalue weighted by molar-refractivity contribution is 0.600. The van der Waals surface area contributed by atoms with Gasteiger partial charge in [0.25, 0.3) is 10.0 Å². The van der Waals surface area contributed by atoms with Crippen molar-refractivity contribution in [3.8, 4) is 0 Å². The number of aromatic nitrogens is 2. The number of unbranched alkanes of at least 4 members (excludes halogenated alkanes) is 1. The zero-order valence-electron chi connectivity index (χ0n) is 13.7. The van der Waals surface area contributed by atoms with Gasteiger partial charge in [-0.1, -0.05) is 31.5 Å². The summed E-state index contributed by atoms with van der Waals surface area (Å²) in [7, 11) is -1.72. The second kappa shape index (κ2) is 7.41. The zero-order chi connectivity index (χ0) is 16.9. The van der Waals surface area contributed by atoms with Crippen LogP contribution in [0.5, 0.6) is 0 Å². The fourth-order valence-corrected chi connectivity index (χ4v) is 3.39. The lowest BCUT2D eigenvalue weighted by Gasteiger charge is -2.17. The third-order valence-electron chi connectivity index (χ3n) is 3.51. The molecule has 0 aliphatic heterocycles. The molecule has 0 atom stereocenters. The molecule has 0 fully saturated rings. The van der Waals surface area contributed by atoms with Gasteiger partial charge in [0.05, 0.1) is 4.90 Å². The molecule has 0 amide bonds. The van der Waals surface area contributed by atoms with Crippen molar-refractivity contribution in [1.29, 1.82) is 0 Å². The van der Waals surface area contributed by atoms with Crippen LogP contribution < -0.4 is 9.62 Å². The van der Waals surface area contributed by atoms with E-state index in [1.807, 2.05) is 11.9 Å². The summed E-state index contributed by atoms with van der Waals surface area (Å²) in [6.45, 7) is 4.77. The Kier molecular flexibility index (Phi) is 5.54. The van der Waals surface area contributed by atoms with Crippen molar-refractivity contribution in [2.24, 2.45) is 0 Å². The van der Waals surface area contributed by atoms with Gasteiger partial charge in [0.2, 0.25) is 0 Å². The Morgan fingerprint density at radius 3 is 2.48 bits per heavy atom. The molecule has 1 heterocycles. The molecule has 0 radical (unpaired) electrons. The number of nitrogens with one attached hydrogen (secondary N) is 1. The van der Waals surface area contributed by atoms with E-state index in [1.54, 1.807) is 43.3 Å². The average Bonchev–Trinajstić information content (AvgIpc) is 2.53. The first kappa shape index (κ1) is 17.2. The van der Waals surface area contributed by atoms with E-state index in [0.29, 0.717) is 5.56 Å². The number of hydrogen-bond acceptors (Lipinski definition) is 5. The molecule has 0 bridgehead atoms. The Morgan fingerprint density at radius 2 is 1.87 bits per heavy atom. The molecule has 7 heteroatoms. The fraction of sp³-hybridized carbons (Fsp3) is 0.375. The van der Waals surface area contributed by atoms with Crippen LogP contribution in [-0.4, -0.2) is 32.2 Å². The third-order valence-corrected chi connectivity index (χ3v) is 5.03. The number of sulfonamides is 1. The van der Waals surface area contributed by atoms with E-state index in [9.17, 15) is 8.42 Å². The van der Waals surface area contributed by atoms with E-state index in [-0.39, 0.29) is 10.7 Å². The Balaban J connectivity index is 2.13. The van der Waals surface area contributed by atoms with Gasteiger partial charge >= 0.3 is 0 Å². The molecule has 0 aliphatic carbocycles. The highest BCUT2D eigenvalue weighted by molar-refractivity contribution is 7.92. The molecule has 6 nitrogen and oxygen atoms in total. The van der Waals surface area contributed by atoms with E-state index in [0.717, 1.165) is 25.2 Å². The summed E-state index contributed by atoms with van der Waals surface area (Å²) in [6.07, 6.45) is 2.17. The Morgan fingerprint density at radius 1 is 1.13 bits per heavy atom. The summed E-state index contributed by atoms with van der Waals surface area (Å²) in [4.78, 5) is 2.24. The van der Waals surface area contributed by atoms with Gasteiger partial charge < -0.3 is 4.90 Å². The van der Waals surface area contributed by atoms with Crippen LogP contribution in [0.4, 0.5) is 11.6 Å². The molecule has 0 saturated heterocycles. The highest BCUT2D eigenvalue weighted by atomic mass is 32.2. The van der Waals surface area contributed by atoms with Crippen LogP contribution in [0, 0.1) is 6.92 Å². The van der Waals surface area contributed by atoms with Gasteiger partial charge in [-0.3, -0.25) is 4.72 Å². The summed E-state index contributed by atoms with van der Waals surface area (Å²) < 4.78 is 27.3. The van der Waals surface area contributed by atoms with Crippen LogP contribution in [-0.2, 0) is 10.0 Å². The molecular formula is C16H22N4O2S. The fourth-order valence-electron chi connectivity index (χ4n) is 2.14. The summed E-state index contributed by atoms with van der Waals surface area (Å²) in [6, 6.07) is 10.2. The van der Waals surface area contributed by atoms with Crippen LogP contribution >= 0.6 is 0 Å². The van der Waals surface area contributed by atoms with Crippen molar-refractivity contribution in [2.75, 3.05) is 23.2 Å². The first-order valence-electron chi connectivity index (χ1n) is 7.57. The van der Waals surface area contributed by atoms with Gasteiger partial charge in [0, 0.05) is 13.6 Å². The van der Waals surface area contributed by atoms with Crippen molar-refractivity contribution in [3.05, 3.63) is 42.0 Å². The standard InChI is InChI=1S/C16H22N4O2S/c1-4-5-12-20(3)16-11-10-15(17-18-16)19-23(21,22)14-9-7-6-8-13(14)2/h6-11H,4-5,12H2,1-3H3,(H,17,19). The Labute approximate surface area is 137 Å². The SMILES string of the molecule is CCCCN(C)c1ccc(NS(=O)(=O)c2ccccc2C)nn1. The topological polar surface area (TPSA) is 75.2 Å². The molecule has 1 aromatic heterocycles. The highest BCUT2D eigenvalue weighted by Gasteiger charge is 2.17. The maximum absolute atomic E-state index is 12.4. The van der Waals surface area contributed by atoms with Crippen molar-refractivity contribution >= 4 is 21.7 Å². The summed E-state index contributed by atoms with van der Waals surface area (Å²) in [5.41, 5.74) is 0.684. The maximum Gasteiger partial charge on any atom is 0.263 e. The van der Waals surface area contributed by atoms with Gasteiger partial charge in [-0.2, -0.15) is 0 Å². The van der Waals surface area contributed by atoms with Crippen molar-refractivity contribution < 1.29 is 8.42 Å². The van der Waals surface area contributed by atoms with Crippen LogP contribution in [0.25, 0.3) is 0 Å². The molecule has 0 unspecified atom stereocenters. The van der Waals surface area contributed by atoms with E-state index >= 15 is 0 Å². The molecule has 2 rings (SSSR count). The molecule has 2 aromatic rings. The third kappa shape index (κ3) is 4.41. The minimum absolute atomic E-state index is 0.209. The molecule has 1 N–H and O–H groups in total. The van der Waals surface area contributed by atoms with E-state index in [4.69, 9.17) is 0 Å². The molecular weight excluding hydrogens is 312 g/mol. The van der Waals surface area contributed by atoms with Gasteiger partial charge in [-0.05, 0) is 37.1 Å². The van der Waals surface area contributed by atoms with Gasteiger partial charge in [0.1, 0.15) is 0 Å². The Bertz CT molecular complexity index is 745. The lowest BCUT2D eigenvalue weighted by Crippen LogP contribution is -2.20. The Hall–Kier alpha value is -2.15. The molecule has 124 valence electrons. The molecule has 0 spiro atoms.